The highest BCUT2D eigenvalue weighted by molar-refractivity contribution is 5.94. The smallest absolute Gasteiger partial charge is 0.251 e. The molecule has 3 aromatic rings. The average molecular weight is 427 g/mol. The van der Waals surface area contributed by atoms with Gasteiger partial charge in [-0.15, -0.1) is 0 Å². The number of carbonyl (C=O) groups excluding carboxylic acids is 1. The van der Waals surface area contributed by atoms with Gasteiger partial charge in [-0.25, -0.2) is 0 Å². The fraction of sp³-hybridized carbons (Fsp3) is 0.414. The molecule has 3 nitrogen and oxygen atoms in total. The largest absolute Gasteiger partial charge is 0.349 e. The molecule has 1 saturated carbocycles. The highest BCUT2D eigenvalue weighted by atomic mass is 16.1. The lowest BCUT2D eigenvalue weighted by atomic mass is 9.86. The lowest BCUT2D eigenvalue weighted by molar-refractivity contribution is 0.0910. The van der Waals surface area contributed by atoms with Crippen LogP contribution >= 0.6 is 0 Å². The zero-order valence-corrected chi connectivity index (χ0v) is 19.1. The van der Waals surface area contributed by atoms with E-state index in [9.17, 15) is 4.79 Å². The van der Waals surface area contributed by atoms with E-state index in [4.69, 9.17) is 0 Å². The molecule has 1 aromatic heterocycles. The summed E-state index contributed by atoms with van der Waals surface area (Å²) < 4.78 is 2.43. The molecule has 1 N–H and O–H groups in total. The molecule has 32 heavy (non-hydrogen) atoms. The number of hydrogen-bond donors (Lipinski definition) is 1. The van der Waals surface area contributed by atoms with Gasteiger partial charge in [0.15, 0.2) is 0 Å². The molecular formula is C29H34N2O. The number of rotatable bonds is 4. The van der Waals surface area contributed by atoms with Gasteiger partial charge in [0.1, 0.15) is 0 Å². The van der Waals surface area contributed by atoms with Crippen molar-refractivity contribution in [3.05, 3.63) is 77.5 Å². The lowest BCUT2D eigenvalue weighted by Gasteiger charge is -2.29. The van der Waals surface area contributed by atoms with Crippen molar-refractivity contribution in [2.45, 2.75) is 70.8 Å². The summed E-state index contributed by atoms with van der Waals surface area (Å²) in [7, 11) is 0. The molecule has 2 aliphatic carbocycles. The Labute approximate surface area is 191 Å². The van der Waals surface area contributed by atoms with Crippen molar-refractivity contribution >= 4 is 5.91 Å². The first-order valence-corrected chi connectivity index (χ1v) is 12.4. The van der Waals surface area contributed by atoms with E-state index in [1.807, 2.05) is 12.1 Å². The van der Waals surface area contributed by atoms with Gasteiger partial charge in [0.05, 0.1) is 5.69 Å². The van der Waals surface area contributed by atoms with Crippen LogP contribution in [0.2, 0.25) is 0 Å². The SMILES string of the molecule is C[C@@H]1CCCC[C@@H]1NC(=O)c1ccc(-n2c(-c3ccccc3)cc3c2CCCCC3)cc1. The van der Waals surface area contributed by atoms with Crippen molar-refractivity contribution in [3.8, 4) is 16.9 Å². The summed E-state index contributed by atoms with van der Waals surface area (Å²) >= 11 is 0. The number of benzene rings is 2. The molecule has 1 fully saturated rings. The number of hydrogen-bond acceptors (Lipinski definition) is 1. The third-order valence-corrected chi connectivity index (χ3v) is 7.44. The predicted molar refractivity (Wildman–Crippen MR) is 131 cm³/mol. The first kappa shape index (κ1) is 21.1. The number of nitrogens with one attached hydrogen (secondary N) is 1. The summed E-state index contributed by atoms with van der Waals surface area (Å²) in [4.78, 5) is 12.9. The second kappa shape index (κ2) is 9.36. The van der Waals surface area contributed by atoms with E-state index in [2.05, 4.69) is 65.3 Å². The molecule has 0 unspecified atom stereocenters. The molecule has 0 aliphatic heterocycles. The van der Waals surface area contributed by atoms with Crippen LogP contribution in [0.25, 0.3) is 16.9 Å². The van der Waals surface area contributed by atoms with Crippen LogP contribution in [0.1, 0.15) is 73.5 Å². The minimum atomic E-state index is 0.0601. The maximum atomic E-state index is 12.9. The van der Waals surface area contributed by atoms with Gasteiger partial charge >= 0.3 is 0 Å². The quantitative estimate of drug-likeness (QED) is 0.462. The molecule has 1 amide bonds. The second-order valence-corrected chi connectivity index (χ2v) is 9.65. The molecular weight excluding hydrogens is 392 g/mol. The summed E-state index contributed by atoms with van der Waals surface area (Å²) in [5.41, 5.74) is 7.32. The third-order valence-electron chi connectivity index (χ3n) is 7.44. The highest BCUT2D eigenvalue weighted by Gasteiger charge is 2.24. The first-order valence-electron chi connectivity index (χ1n) is 12.4. The van der Waals surface area contributed by atoms with E-state index in [-0.39, 0.29) is 5.91 Å². The zero-order valence-electron chi connectivity index (χ0n) is 19.1. The van der Waals surface area contributed by atoms with Crippen LogP contribution in [0.4, 0.5) is 0 Å². The molecule has 1 heterocycles. The molecule has 2 aromatic carbocycles. The maximum Gasteiger partial charge on any atom is 0.251 e. The average Bonchev–Trinajstić information content (AvgIpc) is 3.03. The number of aryl methyl sites for hydroxylation is 1. The number of carbonyl (C=O) groups is 1. The summed E-state index contributed by atoms with van der Waals surface area (Å²) in [6.07, 6.45) is 10.9. The monoisotopic (exact) mass is 426 g/mol. The van der Waals surface area contributed by atoms with E-state index >= 15 is 0 Å². The van der Waals surface area contributed by atoms with Gasteiger partial charge < -0.3 is 9.88 Å². The third kappa shape index (κ3) is 4.26. The topological polar surface area (TPSA) is 34.0 Å². The van der Waals surface area contributed by atoms with E-state index in [1.54, 1.807) is 0 Å². The number of nitrogens with zero attached hydrogens (tertiary/aromatic N) is 1. The molecule has 0 saturated heterocycles. The van der Waals surface area contributed by atoms with Crippen molar-refractivity contribution in [3.63, 3.8) is 0 Å². The van der Waals surface area contributed by atoms with Crippen LogP contribution in [0.3, 0.4) is 0 Å². The van der Waals surface area contributed by atoms with Gasteiger partial charge in [-0.2, -0.15) is 0 Å². The Morgan fingerprint density at radius 3 is 2.41 bits per heavy atom. The summed E-state index contributed by atoms with van der Waals surface area (Å²) in [6, 6.07) is 21.6. The van der Waals surface area contributed by atoms with Gasteiger partial charge in [0, 0.05) is 23.0 Å². The molecule has 0 spiro atoms. The summed E-state index contributed by atoms with van der Waals surface area (Å²) in [6.45, 7) is 2.26. The van der Waals surface area contributed by atoms with E-state index in [0.717, 1.165) is 30.5 Å². The molecule has 166 valence electrons. The van der Waals surface area contributed by atoms with E-state index in [0.29, 0.717) is 12.0 Å². The van der Waals surface area contributed by atoms with Crippen LogP contribution in [-0.2, 0) is 12.8 Å². The standard InChI is InChI=1S/C29H34N2O/c1-21-10-8-9-14-26(21)30-29(32)23-16-18-25(19-17-23)31-27-15-7-3-6-13-24(27)20-28(31)22-11-4-2-5-12-22/h2,4-5,11-12,16-21,26H,3,6-10,13-15H2,1H3,(H,30,32)/t21-,26+/m1/s1. The van der Waals surface area contributed by atoms with Crippen molar-refractivity contribution < 1.29 is 4.79 Å². The Balaban J connectivity index is 1.46. The lowest BCUT2D eigenvalue weighted by Crippen LogP contribution is -2.41. The zero-order chi connectivity index (χ0) is 21.9. The Hall–Kier alpha value is -2.81. The molecule has 2 aliphatic rings. The number of fused-ring (bicyclic) bond motifs is 1. The summed E-state index contributed by atoms with van der Waals surface area (Å²) in [5.74, 6) is 0.626. The van der Waals surface area contributed by atoms with Gasteiger partial charge in [0.2, 0.25) is 0 Å². The Morgan fingerprint density at radius 2 is 1.62 bits per heavy atom. The summed E-state index contributed by atoms with van der Waals surface area (Å²) in [5, 5.41) is 3.29. The van der Waals surface area contributed by atoms with Crippen LogP contribution in [0.15, 0.2) is 60.7 Å². The number of amides is 1. The van der Waals surface area contributed by atoms with Crippen molar-refractivity contribution in [2.24, 2.45) is 5.92 Å². The minimum absolute atomic E-state index is 0.0601. The van der Waals surface area contributed by atoms with Gasteiger partial charge in [-0.1, -0.05) is 56.5 Å². The molecule has 5 rings (SSSR count). The van der Waals surface area contributed by atoms with Crippen molar-refractivity contribution in [2.75, 3.05) is 0 Å². The van der Waals surface area contributed by atoms with Gasteiger partial charge in [-0.3, -0.25) is 4.79 Å². The van der Waals surface area contributed by atoms with Crippen LogP contribution in [-0.4, -0.2) is 16.5 Å². The Bertz CT molecular complexity index is 1060. The first-order chi connectivity index (χ1) is 15.7. The molecule has 2 atom stereocenters. The van der Waals surface area contributed by atoms with Crippen LogP contribution in [0.5, 0.6) is 0 Å². The fourth-order valence-electron chi connectivity index (χ4n) is 5.54. The Morgan fingerprint density at radius 1 is 0.875 bits per heavy atom. The Kier molecular flexibility index (Phi) is 6.16. The molecule has 0 bridgehead atoms. The van der Waals surface area contributed by atoms with E-state index < -0.39 is 0 Å². The number of aromatic nitrogens is 1. The maximum absolute atomic E-state index is 12.9. The molecule has 3 heteroatoms. The predicted octanol–water partition coefficient (Wildman–Crippen LogP) is 6.72. The minimum Gasteiger partial charge on any atom is -0.349 e. The van der Waals surface area contributed by atoms with Gasteiger partial charge in [-0.05, 0) is 85.9 Å². The van der Waals surface area contributed by atoms with Gasteiger partial charge in [0.25, 0.3) is 5.91 Å². The second-order valence-electron chi connectivity index (χ2n) is 9.65. The van der Waals surface area contributed by atoms with Crippen LogP contribution < -0.4 is 5.32 Å². The van der Waals surface area contributed by atoms with Crippen LogP contribution in [0, 0.1) is 5.92 Å². The highest BCUT2D eigenvalue weighted by Crippen LogP contribution is 2.33. The van der Waals surface area contributed by atoms with Crippen molar-refractivity contribution in [1.82, 2.24) is 9.88 Å². The van der Waals surface area contributed by atoms with E-state index in [1.165, 1.54) is 61.0 Å². The molecule has 0 radical (unpaired) electrons. The normalized spacial score (nSPS) is 20.9. The fourth-order valence-corrected chi connectivity index (χ4v) is 5.54. The van der Waals surface area contributed by atoms with Crippen molar-refractivity contribution in [1.29, 1.82) is 0 Å².